The highest BCUT2D eigenvalue weighted by Crippen LogP contribution is 2.47. The summed E-state index contributed by atoms with van der Waals surface area (Å²) in [7, 11) is -3.11. The highest BCUT2D eigenvalue weighted by molar-refractivity contribution is 7.53. The summed E-state index contributed by atoms with van der Waals surface area (Å²) in [6, 6.07) is 0. The van der Waals surface area contributed by atoms with Crippen molar-refractivity contribution < 1.29 is 32.7 Å². The summed E-state index contributed by atoms with van der Waals surface area (Å²) in [5, 5.41) is 0. The number of ether oxygens (including phenoxy) is 2. The molecular formula is C18H31O7P. The molecule has 0 saturated heterocycles. The molecule has 0 amide bonds. The minimum atomic E-state index is -3.11. The van der Waals surface area contributed by atoms with Crippen LogP contribution < -0.4 is 0 Å². The number of esters is 2. The lowest BCUT2D eigenvalue weighted by Crippen LogP contribution is -2.08. The molecule has 0 saturated carbocycles. The van der Waals surface area contributed by atoms with Crippen molar-refractivity contribution in [3.05, 3.63) is 24.3 Å². The van der Waals surface area contributed by atoms with Gasteiger partial charge in [0.25, 0.3) is 0 Å². The SMILES string of the molecule is C=C(C)C(=O)OCCCCOP(=O)(CC)OCCCCOC(=O)C(=C)C. The van der Waals surface area contributed by atoms with Gasteiger partial charge in [-0.25, -0.2) is 9.59 Å². The Bertz CT molecular complexity index is 486. The summed E-state index contributed by atoms with van der Waals surface area (Å²) >= 11 is 0. The average Bonchev–Trinajstić information content (AvgIpc) is 2.60. The zero-order valence-electron chi connectivity index (χ0n) is 16.1. The van der Waals surface area contributed by atoms with Gasteiger partial charge in [0.1, 0.15) is 0 Å². The van der Waals surface area contributed by atoms with Crippen LogP contribution in [0.4, 0.5) is 0 Å². The molecule has 150 valence electrons. The predicted octanol–water partition coefficient (Wildman–Crippen LogP) is 4.03. The minimum Gasteiger partial charge on any atom is -0.462 e. The Balaban J connectivity index is 3.80. The van der Waals surface area contributed by atoms with Gasteiger partial charge in [0.15, 0.2) is 0 Å². The van der Waals surface area contributed by atoms with Gasteiger partial charge in [0.2, 0.25) is 0 Å². The van der Waals surface area contributed by atoms with Crippen LogP contribution in [0.1, 0.15) is 46.5 Å². The molecule has 0 unspecified atom stereocenters. The zero-order valence-corrected chi connectivity index (χ0v) is 17.0. The first-order valence-electron chi connectivity index (χ1n) is 8.75. The van der Waals surface area contributed by atoms with E-state index < -0.39 is 19.5 Å². The summed E-state index contributed by atoms with van der Waals surface area (Å²) in [6.07, 6.45) is 2.71. The number of carbonyl (C=O) groups excluding carboxylic acids is 2. The van der Waals surface area contributed by atoms with Crippen molar-refractivity contribution in [1.29, 1.82) is 0 Å². The van der Waals surface area contributed by atoms with Gasteiger partial charge in [-0.1, -0.05) is 20.1 Å². The molecule has 0 aliphatic heterocycles. The van der Waals surface area contributed by atoms with Crippen LogP contribution in [0.2, 0.25) is 0 Å². The first-order valence-corrected chi connectivity index (χ1v) is 10.5. The normalized spacial score (nSPS) is 11.0. The molecule has 0 aliphatic carbocycles. The molecule has 0 heterocycles. The molecular weight excluding hydrogens is 359 g/mol. The van der Waals surface area contributed by atoms with E-state index in [0.29, 0.717) is 36.8 Å². The number of unbranched alkanes of at least 4 members (excludes halogenated alkanes) is 2. The van der Waals surface area contributed by atoms with Crippen LogP contribution in [0.25, 0.3) is 0 Å². The Morgan fingerprint density at radius 1 is 0.769 bits per heavy atom. The van der Waals surface area contributed by atoms with E-state index >= 15 is 0 Å². The fraction of sp³-hybridized carbons (Fsp3) is 0.667. The van der Waals surface area contributed by atoms with Crippen molar-refractivity contribution in [2.45, 2.75) is 46.5 Å². The molecule has 7 nitrogen and oxygen atoms in total. The van der Waals surface area contributed by atoms with Crippen LogP contribution in [0.3, 0.4) is 0 Å². The summed E-state index contributed by atoms with van der Waals surface area (Å²) in [4.78, 5) is 22.4. The zero-order chi connectivity index (χ0) is 20.0. The van der Waals surface area contributed by atoms with Gasteiger partial charge in [-0.3, -0.25) is 4.57 Å². The Labute approximate surface area is 156 Å². The second-order valence-electron chi connectivity index (χ2n) is 5.84. The van der Waals surface area contributed by atoms with E-state index in [1.54, 1.807) is 20.8 Å². The Morgan fingerprint density at radius 3 is 1.42 bits per heavy atom. The van der Waals surface area contributed by atoms with Crippen LogP contribution in [0, 0.1) is 0 Å². The topological polar surface area (TPSA) is 88.1 Å². The molecule has 0 radical (unpaired) electrons. The van der Waals surface area contributed by atoms with Crippen molar-refractivity contribution in [2.75, 3.05) is 32.6 Å². The van der Waals surface area contributed by atoms with Crippen molar-refractivity contribution in [1.82, 2.24) is 0 Å². The molecule has 0 atom stereocenters. The Hall–Kier alpha value is -1.43. The number of carbonyl (C=O) groups is 2. The van der Waals surface area contributed by atoms with Crippen LogP contribution in [0.15, 0.2) is 24.3 Å². The van der Waals surface area contributed by atoms with Gasteiger partial charge in [-0.2, -0.15) is 0 Å². The lowest BCUT2D eigenvalue weighted by molar-refractivity contribution is -0.139. The van der Waals surface area contributed by atoms with E-state index in [1.165, 1.54) is 0 Å². The second-order valence-corrected chi connectivity index (χ2v) is 8.21. The molecule has 0 N–H and O–H groups in total. The Morgan fingerprint density at radius 2 is 1.12 bits per heavy atom. The highest BCUT2D eigenvalue weighted by atomic mass is 31.2. The van der Waals surface area contributed by atoms with E-state index in [1.807, 2.05) is 0 Å². The monoisotopic (exact) mass is 390 g/mol. The van der Waals surface area contributed by atoms with Crippen molar-refractivity contribution in [3.63, 3.8) is 0 Å². The first-order chi connectivity index (χ1) is 12.2. The highest BCUT2D eigenvalue weighted by Gasteiger charge is 2.21. The van der Waals surface area contributed by atoms with Gasteiger partial charge in [0, 0.05) is 17.3 Å². The van der Waals surface area contributed by atoms with Crippen molar-refractivity contribution in [2.24, 2.45) is 0 Å². The van der Waals surface area contributed by atoms with Gasteiger partial charge < -0.3 is 18.5 Å². The number of rotatable bonds is 15. The van der Waals surface area contributed by atoms with E-state index in [0.717, 1.165) is 0 Å². The van der Waals surface area contributed by atoms with Gasteiger partial charge >= 0.3 is 19.5 Å². The standard InChI is InChI=1S/C18H31O7P/c1-6-26(21,24-13-9-7-11-22-17(19)15(2)3)25-14-10-8-12-23-18(20)16(4)5/h2,4,6-14H2,1,3,5H3. The van der Waals surface area contributed by atoms with Gasteiger partial charge in [-0.05, 0) is 39.5 Å². The maximum absolute atomic E-state index is 12.4. The van der Waals surface area contributed by atoms with E-state index in [2.05, 4.69) is 13.2 Å². The lowest BCUT2D eigenvalue weighted by atomic mass is 10.3. The summed E-state index contributed by atoms with van der Waals surface area (Å²) in [6.45, 7) is 13.0. The summed E-state index contributed by atoms with van der Waals surface area (Å²) < 4.78 is 33.1. The third-order valence-corrected chi connectivity index (χ3v) is 5.13. The Kier molecular flexibility index (Phi) is 13.0. The van der Waals surface area contributed by atoms with Crippen LogP contribution in [-0.2, 0) is 32.7 Å². The molecule has 0 aromatic heterocycles. The second kappa shape index (κ2) is 13.7. The fourth-order valence-electron chi connectivity index (χ4n) is 1.61. The fourth-order valence-corrected chi connectivity index (χ4v) is 2.87. The largest absolute Gasteiger partial charge is 0.462 e. The molecule has 0 aromatic rings. The third kappa shape index (κ3) is 12.0. The van der Waals surface area contributed by atoms with E-state index in [9.17, 15) is 14.2 Å². The number of hydrogen-bond donors (Lipinski definition) is 0. The summed E-state index contributed by atoms with van der Waals surface area (Å²) in [5.74, 6) is -0.829. The molecule has 0 aromatic carbocycles. The smallest absolute Gasteiger partial charge is 0.333 e. The average molecular weight is 390 g/mol. The van der Waals surface area contributed by atoms with Crippen molar-refractivity contribution in [3.8, 4) is 0 Å². The predicted molar refractivity (Wildman–Crippen MR) is 100 cm³/mol. The maximum atomic E-state index is 12.4. The molecule has 26 heavy (non-hydrogen) atoms. The number of hydrogen-bond acceptors (Lipinski definition) is 7. The van der Waals surface area contributed by atoms with Crippen molar-refractivity contribution >= 4 is 19.5 Å². The lowest BCUT2D eigenvalue weighted by Gasteiger charge is -2.17. The van der Waals surface area contributed by atoms with E-state index in [4.69, 9.17) is 18.5 Å². The van der Waals surface area contributed by atoms with Crippen LogP contribution in [0.5, 0.6) is 0 Å². The van der Waals surface area contributed by atoms with Gasteiger partial charge in [0.05, 0.1) is 26.4 Å². The summed E-state index contributed by atoms with van der Waals surface area (Å²) in [5.41, 5.74) is 0.721. The maximum Gasteiger partial charge on any atom is 0.333 e. The molecule has 0 fully saturated rings. The quantitative estimate of drug-likeness (QED) is 0.180. The van der Waals surface area contributed by atoms with Gasteiger partial charge in [-0.15, -0.1) is 0 Å². The minimum absolute atomic E-state index is 0.270. The molecule has 8 heteroatoms. The van der Waals surface area contributed by atoms with Crippen LogP contribution in [-0.4, -0.2) is 44.5 Å². The van der Waals surface area contributed by atoms with Crippen LogP contribution >= 0.6 is 7.60 Å². The van der Waals surface area contributed by atoms with E-state index in [-0.39, 0.29) is 32.6 Å². The molecule has 0 rings (SSSR count). The molecule has 0 spiro atoms. The third-order valence-electron chi connectivity index (χ3n) is 3.20. The molecule has 0 bridgehead atoms. The first kappa shape index (κ1) is 24.6. The molecule has 0 aliphatic rings.